The first-order valence-corrected chi connectivity index (χ1v) is 5.93. The summed E-state index contributed by atoms with van der Waals surface area (Å²) in [6, 6.07) is 4.81. The molecule has 0 aliphatic carbocycles. The van der Waals surface area contributed by atoms with E-state index in [9.17, 15) is 4.79 Å². The molecule has 0 saturated carbocycles. The van der Waals surface area contributed by atoms with Crippen LogP contribution in [0.2, 0.25) is 5.02 Å². The van der Waals surface area contributed by atoms with Gasteiger partial charge in [0.25, 0.3) is 0 Å². The fraction of sp³-hybridized carbons (Fsp3) is 0.154. The van der Waals surface area contributed by atoms with Crippen LogP contribution < -0.4 is 9.47 Å². The maximum atomic E-state index is 11.5. The van der Waals surface area contributed by atoms with Gasteiger partial charge >= 0.3 is 12.0 Å². The van der Waals surface area contributed by atoms with Crippen LogP contribution in [0.4, 0.5) is 0 Å². The fourth-order valence-electron chi connectivity index (χ4n) is 1.47. The van der Waals surface area contributed by atoms with Gasteiger partial charge in [-0.2, -0.15) is 0 Å². The van der Waals surface area contributed by atoms with E-state index in [1.165, 1.54) is 32.7 Å². The van der Waals surface area contributed by atoms with Gasteiger partial charge in [-0.15, -0.1) is 0 Å². The average molecular weight is 295 g/mol. The smallest absolute Gasteiger partial charge is 0.341 e. The first-order valence-electron chi connectivity index (χ1n) is 5.56. The van der Waals surface area contributed by atoms with Crippen LogP contribution in [0.3, 0.4) is 0 Å². The molecule has 0 unspecified atom stereocenters. The third-order valence-electron chi connectivity index (χ3n) is 2.38. The lowest BCUT2D eigenvalue weighted by atomic mass is 10.2. The lowest BCUT2D eigenvalue weighted by Crippen LogP contribution is -2.04. The molecule has 0 radical (unpaired) electrons. The van der Waals surface area contributed by atoms with Gasteiger partial charge < -0.3 is 14.2 Å². The highest BCUT2D eigenvalue weighted by molar-refractivity contribution is 6.30. The molecule has 0 aliphatic heterocycles. The molecule has 0 amide bonds. The van der Waals surface area contributed by atoms with Gasteiger partial charge in [-0.25, -0.2) is 14.8 Å². The summed E-state index contributed by atoms with van der Waals surface area (Å²) in [5.74, 6) is 0.274. The van der Waals surface area contributed by atoms with Crippen LogP contribution in [0.5, 0.6) is 17.5 Å². The Morgan fingerprint density at radius 2 is 1.90 bits per heavy atom. The number of hydrogen-bond acceptors (Lipinski definition) is 6. The highest BCUT2D eigenvalue weighted by Crippen LogP contribution is 2.27. The second-order valence-electron chi connectivity index (χ2n) is 3.64. The maximum Gasteiger partial charge on any atom is 0.341 e. The van der Waals surface area contributed by atoms with E-state index in [4.69, 9.17) is 21.1 Å². The van der Waals surface area contributed by atoms with Crippen molar-refractivity contribution in [3.8, 4) is 17.5 Å². The Morgan fingerprint density at radius 1 is 1.20 bits per heavy atom. The van der Waals surface area contributed by atoms with Crippen LogP contribution in [0.15, 0.2) is 30.6 Å². The number of carbonyl (C=O) groups is 1. The predicted molar refractivity (Wildman–Crippen MR) is 71.4 cm³/mol. The summed E-state index contributed by atoms with van der Waals surface area (Å²) in [6.45, 7) is 0. The Morgan fingerprint density at radius 3 is 2.50 bits per heavy atom. The molecule has 1 aromatic carbocycles. The number of benzene rings is 1. The van der Waals surface area contributed by atoms with E-state index in [2.05, 4.69) is 14.7 Å². The SMILES string of the molecule is COC(=O)c1ccc(Oc2ncc(Cl)cn2)cc1OC. The third-order valence-corrected chi connectivity index (χ3v) is 2.58. The molecule has 20 heavy (non-hydrogen) atoms. The molecule has 0 aliphatic rings. The minimum Gasteiger partial charge on any atom is -0.496 e. The number of hydrogen-bond donors (Lipinski definition) is 0. The molecule has 0 saturated heterocycles. The van der Waals surface area contributed by atoms with E-state index in [1.54, 1.807) is 12.1 Å². The molecule has 7 heteroatoms. The number of halogens is 1. The van der Waals surface area contributed by atoms with E-state index >= 15 is 0 Å². The largest absolute Gasteiger partial charge is 0.496 e. The normalized spacial score (nSPS) is 9.95. The number of nitrogens with zero attached hydrogens (tertiary/aromatic N) is 2. The van der Waals surface area contributed by atoms with Crippen LogP contribution in [0.1, 0.15) is 10.4 Å². The van der Waals surface area contributed by atoms with Gasteiger partial charge in [-0.1, -0.05) is 11.6 Å². The predicted octanol–water partition coefficient (Wildman–Crippen LogP) is 2.72. The quantitative estimate of drug-likeness (QED) is 0.808. The maximum absolute atomic E-state index is 11.5. The molecule has 6 nitrogen and oxygen atoms in total. The van der Waals surface area contributed by atoms with Gasteiger partial charge in [0.05, 0.1) is 31.6 Å². The van der Waals surface area contributed by atoms with E-state index in [0.29, 0.717) is 22.1 Å². The molecule has 2 rings (SSSR count). The Kier molecular flexibility index (Phi) is 4.37. The molecular formula is C13H11ClN2O4. The zero-order chi connectivity index (χ0) is 14.5. The topological polar surface area (TPSA) is 70.5 Å². The molecule has 1 aromatic heterocycles. The number of methoxy groups -OCH3 is 2. The van der Waals surface area contributed by atoms with Crippen LogP contribution in [0, 0.1) is 0 Å². The van der Waals surface area contributed by atoms with Crippen molar-refractivity contribution in [3.63, 3.8) is 0 Å². The summed E-state index contributed by atoms with van der Waals surface area (Å²) >= 11 is 5.68. The number of aromatic nitrogens is 2. The lowest BCUT2D eigenvalue weighted by molar-refractivity contribution is 0.0597. The molecule has 1 heterocycles. The first-order chi connectivity index (χ1) is 9.63. The van der Waals surface area contributed by atoms with Gasteiger partial charge in [-0.3, -0.25) is 0 Å². The van der Waals surface area contributed by atoms with E-state index < -0.39 is 5.97 Å². The van der Waals surface area contributed by atoms with Crippen molar-refractivity contribution in [1.82, 2.24) is 9.97 Å². The van der Waals surface area contributed by atoms with E-state index in [-0.39, 0.29) is 6.01 Å². The van der Waals surface area contributed by atoms with Crippen molar-refractivity contribution in [1.29, 1.82) is 0 Å². The van der Waals surface area contributed by atoms with Crippen LogP contribution in [-0.2, 0) is 4.74 Å². The lowest BCUT2D eigenvalue weighted by Gasteiger charge is -2.09. The van der Waals surface area contributed by atoms with Crippen LogP contribution in [-0.4, -0.2) is 30.2 Å². The van der Waals surface area contributed by atoms with E-state index in [1.807, 2.05) is 0 Å². The average Bonchev–Trinajstić information content (AvgIpc) is 2.48. The molecule has 0 spiro atoms. The first kappa shape index (κ1) is 14.1. The number of rotatable bonds is 4. The van der Waals surface area contributed by atoms with Crippen molar-refractivity contribution < 1.29 is 19.0 Å². The van der Waals surface area contributed by atoms with Crippen molar-refractivity contribution in [2.75, 3.05) is 14.2 Å². The molecular weight excluding hydrogens is 284 g/mol. The van der Waals surface area contributed by atoms with Crippen LogP contribution >= 0.6 is 11.6 Å². The fourth-order valence-corrected chi connectivity index (χ4v) is 1.57. The molecule has 0 N–H and O–H groups in total. The summed E-state index contributed by atoms with van der Waals surface area (Å²) < 4.78 is 15.2. The van der Waals surface area contributed by atoms with Gasteiger partial charge in [0.15, 0.2) is 0 Å². The standard InChI is InChI=1S/C13H11ClN2O4/c1-18-11-5-9(3-4-10(11)12(17)19-2)20-13-15-6-8(14)7-16-13/h3-7H,1-2H3. The number of esters is 1. The van der Waals surface area contributed by atoms with Gasteiger partial charge in [0, 0.05) is 6.07 Å². The van der Waals surface area contributed by atoms with Crippen molar-refractivity contribution in [2.45, 2.75) is 0 Å². The van der Waals surface area contributed by atoms with Gasteiger partial charge in [0.1, 0.15) is 17.1 Å². The zero-order valence-electron chi connectivity index (χ0n) is 10.8. The van der Waals surface area contributed by atoms with E-state index in [0.717, 1.165) is 0 Å². The van der Waals surface area contributed by atoms with Gasteiger partial charge in [0.2, 0.25) is 0 Å². The Bertz CT molecular complexity index is 616. The minimum absolute atomic E-state index is 0.141. The number of carbonyl (C=O) groups excluding carboxylic acids is 1. The Balaban J connectivity index is 2.25. The van der Waals surface area contributed by atoms with Crippen molar-refractivity contribution in [3.05, 3.63) is 41.2 Å². The summed E-state index contributed by atoms with van der Waals surface area (Å²) in [6.07, 6.45) is 2.84. The number of ether oxygens (including phenoxy) is 3. The van der Waals surface area contributed by atoms with Gasteiger partial charge in [-0.05, 0) is 12.1 Å². The summed E-state index contributed by atoms with van der Waals surface area (Å²) in [5, 5.41) is 0.413. The van der Waals surface area contributed by atoms with Crippen molar-refractivity contribution in [2.24, 2.45) is 0 Å². The Hall–Kier alpha value is -2.34. The molecule has 0 fully saturated rings. The van der Waals surface area contributed by atoms with Crippen LogP contribution in [0.25, 0.3) is 0 Å². The second kappa shape index (κ2) is 6.21. The molecule has 104 valence electrons. The summed E-state index contributed by atoms with van der Waals surface area (Å²) in [5.41, 5.74) is 0.305. The third kappa shape index (κ3) is 3.16. The highest BCUT2D eigenvalue weighted by atomic mass is 35.5. The minimum atomic E-state index is -0.490. The summed E-state index contributed by atoms with van der Waals surface area (Å²) in [7, 11) is 2.75. The Labute approximate surface area is 120 Å². The highest BCUT2D eigenvalue weighted by Gasteiger charge is 2.14. The zero-order valence-corrected chi connectivity index (χ0v) is 11.5. The molecule has 0 bridgehead atoms. The summed E-state index contributed by atoms with van der Waals surface area (Å²) in [4.78, 5) is 19.3. The monoisotopic (exact) mass is 294 g/mol. The molecule has 2 aromatic rings. The second-order valence-corrected chi connectivity index (χ2v) is 4.08. The molecule has 0 atom stereocenters. The van der Waals surface area contributed by atoms with Crippen molar-refractivity contribution >= 4 is 17.6 Å².